The van der Waals surface area contributed by atoms with E-state index in [4.69, 9.17) is 9.47 Å². The van der Waals surface area contributed by atoms with Gasteiger partial charge in [0.2, 0.25) is 0 Å². The summed E-state index contributed by atoms with van der Waals surface area (Å²) in [6.45, 7) is 8.07. The van der Waals surface area contributed by atoms with Gasteiger partial charge in [0.1, 0.15) is 6.10 Å². The molecule has 0 aromatic carbocycles. The van der Waals surface area contributed by atoms with E-state index in [1.165, 1.54) is 57.8 Å². The van der Waals surface area contributed by atoms with Crippen LogP contribution >= 0.6 is 0 Å². The van der Waals surface area contributed by atoms with E-state index < -0.39 is 0 Å². The van der Waals surface area contributed by atoms with Gasteiger partial charge >= 0.3 is 11.9 Å². The van der Waals surface area contributed by atoms with Crippen LogP contribution in [0.3, 0.4) is 0 Å². The minimum Gasteiger partial charge on any atom is -0.462 e. The normalized spacial score (nSPS) is 31.5. The van der Waals surface area contributed by atoms with Crippen molar-refractivity contribution < 1.29 is 19.1 Å². The molecule has 0 saturated heterocycles. The molecule has 3 fully saturated rings. The summed E-state index contributed by atoms with van der Waals surface area (Å²) in [5, 5.41) is 0. The van der Waals surface area contributed by atoms with Gasteiger partial charge in [-0.25, -0.2) is 4.79 Å². The Labute approximate surface area is 215 Å². The van der Waals surface area contributed by atoms with Crippen LogP contribution in [0.15, 0.2) is 12.2 Å². The van der Waals surface area contributed by atoms with Gasteiger partial charge < -0.3 is 9.47 Å². The topological polar surface area (TPSA) is 52.6 Å². The summed E-state index contributed by atoms with van der Waals surface area (Å²) in [6.07, 6.45) is 22.2. The molecule has 3 saturated carbocycles. The first kappa shape index (κ1) is 28.3. The molecule has 0 aromatic rings. The average Bonchev–Trinajstić information content (AvgIpc) is 2.88. The van der Waals surface area contributed by atoms with Crippen molar-refractivity contribution in [3.8, 4) is 0 Å². The van der Waals surface area contributed by atoms with Crippen LogP contribution in [0.1, 0.15) is 129 Å². The largest absolute Gasteiger partial charge is 0.462 e. The Morgan fingerprint density at radius 2 is 1.29 bits per heavy atom. The molecule has 0 N–H and O–H groups in total. The predicted octanol–water partition coefficient (Wildman–Crippen LogP) is 8.18. The van der Waals surface area contributed by atoms with Crippen molar-refractivity contribution in [2.75, 3.05) is 6.61 Å². The van der Waals surface area contributed by atoms with E-state index in [-0.39, 0.29) is 24.0 Å². The second-order valence-electron chi connectivity index (χ2n) is 12.0. The molecular formula is C31H52O4. The van der Waals surface area contributed by atoms with Gasteiger partial charge in [-0.3, -0.25) is 4.79 Å². The van der Waals surface area contributed by atoms with Gasteiger partial charge in [-0.2, -0.15) is 0 Å². The Balaban J connectivity index is 1.24. The zero-order valence-corrected chi connectivity index (χ0v) is 22.7. The number of carbonyl (C=O) groups excluding carboxylic acids is 2. The third-order valence-corrected chi connectivity index (χ3v) is 9.29. The Morgan fingerprint density at radius 3 is 1.86 bits per heavy atom. The minimum atomic E-state index is -0.289. The van der Waals surface area contributed by atoms with Gasteiger partial charge in [0, 0.05) is 5.57 Å². The van der Waals surface area contributed by atoms with Crippen LogP contribution in [-0.4, -0.2) is 24.6 Å². The molecule has 35 heavy (non-hydrogen) atoms. The molecule has 200 valence electrons. The predicted molar refractivity (Wildman–Crippen MR) is 142 cm³/mol. The highest BCUT2D eigenvalue weighted by Gasteiger charge is 2.33. The molecule has 0 aromatic heterocycles. The van der Waals surface area contributed by atoms with Crippen molar-refractivity contribution in [1.82, 2.24) is 0 Å². The standard InChI is InChI=1S/C31H52O4/c1-4-5-8-24-10-14-26(15-11-24)27-18-20-29(21-19-27)35-31(33)28-16-12-25(13-17-28)9-6-7-22-34-30(32)23(2)3/h24-29H,2,4-22H2,1,3H3/t24-,25-,26-,27-,28-,29-. The van der Waals surface area contributed by atoms with Crippen LogP contribution in [0.5, 0.6) is 0 Å². The Morgan fingerprint density at radius 1 is 0.743 bits per heavy atom. The van der Waals surface area contributed by atoms with E-state index in [0.29, 0.717) is 18.1 Å². The van der Waals surface area contributed by atoms with Crippen LogP contribution in [0.25, 0.3) is 0 Å². The first-order valence-corrected chi connectivity index (χ1v) is 15.0. The number of hydrogen-bond acceptors (Lipinski definition) is 4. The summed E-state index contributed by atoms with van der Waals surface area (Å²) < 4.78 is 11.2. The molecule has 0 radical (unpaired) electrons. The van der Waals surface area contributed by atoms with Crippen molar-refractivity contribution in [3.05, 3.63) is 12.2 Å². The maximum Gasteiger partial charge on any atom is 0.333 e. The van der Waals surface area contributed by atoms with Crippen LogP contribution in [0.4, 0.5) is 0 Å². The highest BCUT2D eigenvalue weighted by atomic mass is 16.5. The lowest BCUT2D eigenvalue weighted by atomic mass is 9.70. The second-order valence-corrected chi connectivity index (χ2v) is 12.0. The summed E-state index contributed by atoms with van der Waals surface area (Å²) in [6, 6.07) is 0. The maximum absolute atomic E-state index is 12.8. The number of rotatable bonds is 12. The summed E-state index contributed by atoms with van der Waals surface area (Å²) >= 11 is 0. The molecule has 3 rings (SSSR count). The van der Waals surface area contributed by atoms with E-state index in [2.05, 4.69) is 13.5 Å². The highest BCUT2D eigenvalue weighted by molar-refractivity contribution is 5.86. The van der Waals surface area contributed by atoms with E-state index in [0.717, 1.165) is 75.5 Å². The van der Waals surface area contributed by atoms with E-state index in [9.17, 15) is 9.59 Å². The Kier molecular flexibility index (Phi) is 12.2. The van der Waals surface area contributed by atoms with Crippen LogP contribution in [0, 0.1) is 29.6 Å². The van der Waals surface area contributed by atoms with E-state index >= 15 is 0 Å². The molecule has 4 nitrogen and oxygen atoms in total. The van der Waals surface area contributed by atoms with E-state index in [1.807, 2.05) is 0 Å². The molecule has 4 heteroatoms. The van der Waals surface area contributed by atoms with Crippen molar-refractivity contribution in [2.24, 2.45) is 29.6 Å². The van der Waals surface area contributed by atoms with E-state index in [1.54, 1.807) is 6.92 Å². The average molecular weight is 489 g/mol. The lowest BCUT2D eigenvalue weighted by molar-refractivity contribution is -0.157. The molecule has 3 aliphatic rings. The third kappa shape index (κ3) is 9.57. The van der Waals surface area contributed by atoms with Crippen molar-refractivity contribution >= 4 is 11.9 Å². The number of ether oxygens (including phenoxy) is 2. The fourth-order valence-electron chi connectivity index (χ4n) is 6.89. The fourth-order valence-corrected chi connectivity index (χ4v) is 6.89. The summed E-state index contributed by atoms with van der Waals surface area (Å²) in [4.78, 5) is 24.2. The molecule has 0 spiro atoms. The van der Waals surface area contributed by atoms with Gasteiger partial charge in [-0.15, -0.1) is 0 Å². The van der Waals surface area contributed by atoms with Crippen LogP contribution in [-0.2, 0) is 19.1 Å². The van der Waals surface area contributed by atoms with Gasteiger partial charge in [0.25, 0.3) is 0 Å². The Bertz CT molecular complexity index is 647. The molecule has 0 aliphatic heterocycles. The first-order chi connectivity index (χ1) is 17.0. The molecule has 0 bridgehead atoms. The van der Waals surface area contributed by atoms with Crippen molar-refractivity contribution in [3.63, 3.8) is 0 Å². The minimum absolute atomic E-state index is 0.0787. The highest BCUT2D eigenvalue weighted by Crippen LogP contribution is 2.42. The zero-order chi connectivity index (χ0) is 25.0. The van der Waals surface area contributed by atoms with Crippen molar-refractivity contribution in [2.45, 2.75) is 136 Å². The number of unbranched alkanes of at least 4 members (excludes halogenated alkanes) is 2. The van der Waals surface area contributed by atoms with Gasteiger partial charge in [0.05, 0.1) is 12.5 Å². The van der Waals surface area contributed by atoms with Gasteiger partial charge in [-0.1, -0.05) is 52.0 Å². The third-order valence-electron chi connectivity index (χ3n) is 9.29. The maximum atomic E-state index is 12.8. The summed E-state index contributed by atoms with van der Waals surface area (Å²) in [5.74, 6) is 3.39. The zero-order valence-electron chi connectivity index (χ0n) is 22.7. The molecule has 0 heterocycles. The second kappa shape index (κ2) is 15.1. The molecule has 0 unspecified atom stereocenters. The quantitative estimate of drug-likeness (QED) is 0.158. The summed E-state index contributed by atoms with van der Waals surface area (Å²) in [7, 11) is 0. The molecule has 3 aliphatic carbocycles. The molecule has 0 amide bonds. The lowest BCUT2D eigenvalue weighted by Crippen LogP contribution is -2.32. The SMILES string of the molecule is C=C(C)C(=O)OCCCC[C@H]1CC[C@H](C(=O)O[C@H]2CC[C@H]([C@H]3CC[C@H](CCCC)CC3)CC2)CC1. The smallest absolute Gasteiger partial charge is 0.333 e. The van der Waals surface area contributed by atoms with Gasteiger partial charge in [0.15, 0.2) is 0 Å². The fraction of sp³-hybridized carbons (Fsp3) is 0.871. The van der Waals surface area contributed by atoms with Crippen molar-refractivity contribution in [1.29, 1.82) is 0 Å². The van der Waals surface area contributed by atoms with Crippen LogP contribution < -0.4 is 0 Å². The number of hydrogen-bond donors (Lipinski definition) is 0. The number of esters is 2. The monoisotopic (exact) mass is 488 g/mol. The Hall–Kier alpha value is -1.32. The number of carbonyl (C=O) groups is 2. The van der Waals surface area contributed by atoms with Crippen LogP contribution in [0.2, 0.25) is 0 Å². The molecule has 0 atom stereocenters. The summed E-state index contributed by atoms with van der Waals surface area (Å²) in [5.41, 5.74) is 0.461. The first-order valence-electron chi connectivity index (χ1n) is 15.0. The molecular weight excluding hydrogens is 436 g/mol. The lowest BCUT2D eigenvalue weighted by Gasteiger charge is -2.38. The van der Waals surface area contributed by atoms with Gasteiger partial charge in [-0.05, 0) is 108 Å².